The van der Waals surface area contributed by atoms with Crippen molar-refractivity contribution in [2.24, 2.45) is 0 Å². The lowest BCUT2D eigenvalue weighted by Crippen LogP contribution is -2.12. The lowest BCUT2D eigenvalue weighted by Gasteiger charge is -2.12. The van der Waals surface area contributed by atoms with Gasteiger partial charge < -0.3 is 10.6 Å². The Morgan fingerprint density at radius 1 is 1.24 bits per heavy atom. The Morgan fingerprint density at radius 3 is 2.67 bits per heavy atom. The number of aromatic nitrogens is 4. The van der Waals surface area contributed by atoms with E-state index in [1.54, 1.807) is 11.3 Å². The minimum absolute atomic E-state index is 0.0211. The van der Waals surface area contributed by atoms with Gasteiger partial charge in [0.25, 0.3) is 0 Å². The van der Waals surface area contributed by atoms with E-state index in [-0.39, 0.29) is 11.3 Å². The number of nitrogens with zero attached hydrogens (tertiary/aromatic N) is 4. The van der Waals surface area contributed by atoms with Crippen LogP contribution in [0, 0.1) is 0 Å². The molecule has 1 atom stereocenters. The van der Waals surface area contributed by atoms with E-state index in [2.05, 4.69) is 44.4 Å². The predicted octanol–water partition coefficient (Wildman–Crippen LogP) is 3.54. The molecule has 0 aliphatic carbocycles. The average molecular weight is 327 g/mol. The summed E-state index contributed by atoms with van der Waals surface area (Å²) in [7, 11) is 0. The standard InChI is InChI=1S/C13H19ClN6S/c1-4-6-15-12-18-11(14)19-13(20-12)17-8(3)10-16-7-9(5-2)21-10/h7-8H,4-6H2,1-3H3,(H2,15,17,18,19,20). The van der Waals surface area contributed by atoms with Crippen LogP contribution >= 0.6 is 22.9 Å². The first-order valence-corrected chi connectivity index (χ1v) is 8.18. The first-order chi connectivity index (χ1) is 10.1. The van der Waals surface area contributed by atoms with Crippen molar-refractivity contribution in [1.29, 1.82) is 0 Å². The van der Waals surface area contributed by atoms with E-state index in [0.29, 0.717) is 11.9 Å². The number of anilines is 2. The van der Waals surface area contributed by atoms with Crippen LogP contribution in [0.25, 0.3) is 0 Å². The smallest absolute Gasteiger partial charge is 0.229 e. The third-order valence-corrected chi connectivity index (χ3v) is 4.27. The molecule has 8 heteroatoms. The maximum absolute atomic E-state index is 5.93. The average Bonchev–Trinajstić information content (AvgIpc) is 2.93. The Balaban J connectivity index is 2.08. The van der Waals surface area contributed by atoms with Gasteiger partial charge in [0.2, 0.25) is 17.2 Å². The van der Waals surface area contributed by atoms with Crippen molar-refractivity contribution in [1.82, 2.24) is 19.9 Å². The van der Waals surface area contributed by atoms with Crippen molar-refractivity contribution in [3.63, 3.8) is 0 Å². The number of rotatable bonds is 7. The highest BCUT2D eigenvalue weighted by Gasteiger charge is 2.13. The molecule has 2 aromatic heterocycles. The number of hydrogen-bond donors (Lipinski definition) is 2. The summed E-state index contributed by atoms with van der Waals surface area (Å²) >= 11 is 7.62. The second-order valence-corrected chi connectivity index (χ2v) is 6.05. The van der Waals surface area contributed by atoms with Crippen molar-refractivity contribution in [2.75, 3.05) is 17.2 Å². The van der Waals surface area contributed by atoms with Crippen molar-refractivity contribution in [3.05, 3.63) is 21.4 Å². The fourth-order valence-electron chi connectivity index (χ4n) is 1.67. The third kappa shape index (κ3) is 4.50. The van der Waals surface area contributed by atoms with Gasteiger partial charge in [0.05, 0.1) is 6.04 Å². The van der Waals surface area contributed by atoms with Gasteiger partial charge in [-0.3, -0.25) is 0 Å². The minimum Gasteiger partial charge on any atom is -0.354 e. The van der Waals surface area contributed by atoms with Crippen LogP contribution in [0.4, 0.5) is 11.9 Å². The number of nitrogens with one attached hydrogen (secondary N) is 2. The summed E-state index contributed by atoms with van der Waals surface area (Å²) in [6.07, 6.45) is 3.89. The molecule has 0 saturated carbocycles. The highest BCUT2D eigenvalue weighted by molar-refractivity contribution is 7.11. The molecular formula is C13H19ClN6S. The largest absolute Gasteiger partial charge is 0.354 e. The SMILES string of the molecule is CCCNc1nc(Cl)nc(NC(C)c2ncc(CC)s2)n1. The molecule has 2 rings (SSSR count). The molecule has 0 spiro atoms. The maximum atomic E-state index is 5.93. The molecule has 1 unspecified atom stereocenters. The molecule has 0 fully saturated rings. The van der Waals surface area contributed by atoms with Gasteiger partial charge in [0, 0.05) is 17.6 Å². The van der Waals surface area contributed by atoms with Crippen molar-refractivity contribution in [3.8, 4) is 0 Å². The Labute approximate surface area is 133 Å². The molecule has 2 heterocycles. The van der Waals surface area contributed by atoms with Crippen molar-refractivity contribution >= 4 is 34.8 Å². The molecule has 114 valence electrons. The first-order valence-electron chi connectivity index (χ1n) is 6.99. The third-order valence-electron chi connectivity index (χ3n) is 2.78. The zero-order valence-electron chi connectivity index (χ0n) is 12.4. The van der Waals surface area contributed by atoms with E-state index in [9.17, 15) is 0 Å². The van der Waals surface area contributed by atoms with Crippen LogP contribution in [0.5, 0.6) is 0 Å². The lowest BCUT2D eigenvalue weighted by atomic mass is 10.3. The summed E-state index contributed by atoms with van der Waals surface area (Å²) in [5, 5.41) is 7.50. The van der Waals surface area contributed by atoms with E-state index >= 15 is 0 Å². The van der Waals surface area contributed by atoms with Gasteiger partial charge >= 0.3 is 0 Å². The molecule has 6 nitrogen and oxygen atoms in total. The molecule has 0 saturated heterocycles. The Kier molecular flexibility index (Phi) is 5.69. The van der Waals surface area contributed by atoms with Crippen LogP contribution in [-0.4, -0.2) is 26.5 Å². The normalized spacial score (nSPS) is 12.2. The number of aryl methyl sites for hydroxylation is 1. The van der Waals surface area contributed by atoms with Gasteiger partial charge in [0.15, 0.2) is 0 Å². The minimum atomic E-state index is 0.0211. The fraction of sp³-hybridized carbons (Fsp3) is 0.538. The Morgan fingerprint density at radius 2 is 2.00 bits per heavy atom. The van der Waals surface area contributed by atoms with Crippen molar-refractivity contribution < 1.29 is 0 Å². The van der Waals surface area contributed by atoms with Gasteiger partial charge in [-0.1, -0.05) is 13.8 Å². The molecule has 2 N–H and O–H groups in total. The number of hydrogen-bond acceptors (Lipinski definition) is 7. The summed E-state index contributed by atoms with van der Waals surface area (Å²) < 4.78 is 0. The van der Waals surface area contributed by atoms with Gasteiger partial charge in [-0.25, -0.2) is 4.98 Å². The number of thiazole rings is 1. The molecule has 0 amide bonds. The first kappa shape index (κ1) is 15.9. The van der Waals surface area contributed by atoms with Crippen LogP contribution in [0.2, 0.25) is 5.28 Å². The van der Waals surface area contributed by atoms with Crippen molar-refractivity contribution in [2.45, 2.75) is 39.7 Å². The van der Waals surface area contributed by atoms with Crippen LogP contribution in [0.3, 0.4) is 0 Å². The van der Waals surface area contributed by atoms with Crippen LogP contribution < -0.4 is 10.6 Å². The van der Waals surface area contributed by atoms with E-state index < -0.39 is 0 Å². The summed E-state index contributed by atoms with van der Waals surface area (Å²) in [6, 6.07) is 0.0211. The van der Waals surface area contributed by atoms with Gasteiger partial charge in [-0.05, 0) is 31.4 Å². The topological polar surface area (TPSA) is 75.6 Å². The maximum Gasteiger partial charge on any atom is 0.229 e. The van der Waals surface area contributed by atoms with E-state index in [4.69, 9.17) is 11.6 Å². The summed E-state index contributed by atoms with van der Waals surface area (Å²) in [6.45, 7) is 7.01. The van der Waals surface area contributed by atoms with Gasteiger partial charge in [-0.2, -0.15) is 15.0 Å². The summed E-state index contributed by atoms with van der Waals surface area (Å²) in [5.41, 5.74) is 0. The van der Waals surface area contributed by atoms with Gasteiger partial charge in [0.1, 0.15) is 5.01 Å². The highest BCUT2D eigenvalue weighted by Crippen LogP contribution is 2.23. The molecule has 0 aliphatic rings. The molecule has 0 radical (unpaired) electrons. The second kappa shape index (κ2) is 7.51. The van der Waals surface area contributed by atoms with Crippen LogP contribution in [0.15, 0.2) is 6.20 Å². The Hall–Kier alpha value is -1.47. The van der Waals surface area contributed by atoms with Crippen LogP contribution in [0.1, 0.15) is 43.1 Å². The fourth-order valence-corrected chi connectivity index (χ4v) is 2.69. The monoisotopic (exact) mass is 326 g/mol. The van der Waals surface area contributed by atoms with Gasteiger partial charge in [-0.15, -0.1) is 11.3 Å². The quantitative estimate of drug-likeness (QED) is 0.810. The van der Waals surface area contributed by atoms with E-state index in [1.165, 1.54) is 4.88 Å². The lowest BCUT2D eigenvalue weighted by molar-refractivity contribution is 0.840. The zero-order chi connectivity index (χ0) is 15.2. The molecule has 0 aromatic carbocycles. The molecular weight excluding hydrogens is 308 g/mol. The zero-order valence-corrected chi connectivity index (χ0v) is 13.9. The highest BCUT2D eigenvalue weighted by atomic mass is 35.5. The second-order valence-electron chi connectivity index (χ2n) is 4.56. The number of halogens is 1. The van der Waals surface area contributed by atoms with E-state index in [1.807, 2.05) is 13.1 Å². The molecule has 21 heavy (non-hydrogen) atoms. The molecule has 2 aromatic rings. The molecule has 0 aliphatic heterocycles. The summed E-state index contributed by atoms with van der Waals surface area (Å²) in [5.74, 6) is 0.939. The van der Waals surface area contributed by atoms with E-state index in [0.717, 1.165) is 24.4 Å². The van der Waals surface area contributed by atoms with Crippen LogP contribution in [-0.2, 0) is 6.42 Å². The predicted molar refractivity (Wildman–Crippen MR) is 87.1 cm³/mol. The Bertz CT molecular complexity index is 588. The summed E-state index contributed by atoms with van der Waals surface area (Å²) in [4.78, 5) is 18.1. The molecule has 0 bridgehead atoms.